The molecule has 0 saturated heterocycles. The molecule has 0 saturated carbocycles. The molecule has 1 aromatic carbocycles. The minimum Gasteiger partial charge on any atom is -0.490 e. The number of ether oxygens (including phenoxy) is 2. The molecule has 2 rings (SSSR count). The Hall–Kier alpha value is -1.89. The minimum atomic E-state index is -1.01. The van der Waals surface area contributed by atoms with E-state index in [2.05, 4.69) is 5.32 Å². The van der Waals surface area contributed by atoms with E-state index in [0.29, 0.717) is 36.9 Å². The Morgan fingerprint density at radius 3 is 2.74 bits per heavy atom. The van der Waals surface area contributed by atoms with Crippen molar-refractivity contribution in [3.63, 3.8) is 0 Å². The monoisotopic (exact) mass is 339 g/mol. The Balaban J connectivity index is 1.96. The van der Waals surface area contributed by atoms with Crippen LogP contribution in [0.25, 0.3) is 0 Å². The number of nitrogens with one attached hydrogen (secondary N) is 1. The summed E-state index contributed by atoms with van der Waals surface area (Å²) in [5.74, 6) is 0.667. The number of hydrogen-bond acceptors (Lipinski definition) is 5. The second-order valence-corrected chi connectivity index (χ2v) is 6.23. The van der Waals surface area contributed by atoms with E-state index >= 15 is 0 Å². The first kappa shape index (κ1) is 17.5. The first-order chi connectivity index (χ1) is 11.1. The van der Waals surface area contributed by atoms with Gasteiger partial charge in [-0.1, -0.05) is 6.07 Å². The molecule has 1 aliphatic rings. The minimum absolute atomic E-state index is 0.111. The Morgan fingerprint density at radius 1 is 1.30 bits per heavy atom. The van der Waals surface area contributed by atoms with Crippen LogP contribution in [0.1, 0.15) is 18.4 Å². The van der Waals surface area contributed by atoms with Crippen molar-refractivity contribution >= 4 is 23.6 Å². The van der Waals surface area contributed by atoms with Crippen molar-refractivity contribution in [2.45, 2.75) is 25.3 Å². The predicted molar refractivity (Wildman–Crippen MR) is 88.3 cm³/mol. The lowest BCUT2D eigenvalue weighted by atomic mass is 10.1. The Kier molecular flexibility index (Phi) is 6.58. The van der Waals surface area contributed by atoms with Gasteiger partial charge in [-0.2, -0.15) is 11.8 Å². The number of rotatable bonds is 7. The van der Waals surface area contributed by atoms with Gasteiger partial charge >= 0.3 is 5.97 Å². The summed E-state index contributed by atoms with van der Waals surface area (Å²) in [6.45, 7) is 1.20. The molecule has 1 heterocycles. The number of aliphatic carboxylic acids is 1. The third kappa shape index (κ3) is 5.35. The molecule has 0 spiro atoms. The van der Waals surface area contributed by atoms with E-state index in [1.807, 2.05) is 6.26 Å². The molecule has 23 heavy (non-hydrogen) atoms. The summed E-state index contributed by atoms with van der Waals surface area (Å²) in [7, 11) is 0. The van der Waals surface area contributed by atoms with Gasteiger partial charge in [0.1, 0.15) is 6.04 Å². The average molecular weight is 339 g/mol. The van der Waals surface area contributed by atoms with Crippen molar-refractivity contribution in [3.8, 4) is 11.5 Å². The van der Waals surface area contributed by atoms with Gasteiger partial charge in [0.2, 0.25) is 5.91 Å². The van der Waals surface area contributed by atoms with Crippen LogP contribution in [0, 0.1) is 0 Å². The molecular formula is C16H21NO5S. The van der Waals surface area contributed by atoms with Gasteiger partial charge in [-0.25, -0.2) is 4.79 Å². The molecular weight excluding hydrogens is 318 g/mol. The molecule has 1 aromatic rings. The number of fused-ring (bicyclic) bond motifs is 1. The second-order valence-electron chi connectivity index (χ2n) is 5.25. The summed E-state index contributed by atoms with van der Waals surface area (Å²) >= 11 is 1.55. The molecule has 1 amide bonds. The number of amides is 1. The lowest BCUT2D eigenvalue weighted by molar-refractivity contribution is -0.141. The molecule has 0 aromatic heterocycles. The van der Waals surface area contributed by atoms with Crippen molar-refractivity contribution in [1.82, 2.24) is 5.32 Å². The molecule has 1 unspecified atom stereocenters. The fourth-order valence-corrected chi connectivity index (χ4v) is 2.71. The first-order valence-electron chi connectivity index (χ1n) is 7.50. The molecule has 2 N–H and O–H groups in total. The molecule has 126 valence electrons. The number of thioether (sulfide) groups is 1. The lowest BCUT2D eigenvalue weighted by Gasteiger charge is -2.14. The van der Waals surface area contributed by atoms with Crippen LogP contribution in [-0.2, 0) is 16.0 Å². The van der Waals surface area contributed by atoms with Crippen molar-refractivity contribution in [3.05, 3.63) is 23.8 Å². The van der Waals surface area contributed by atoms with Gasteiger partial charge in [-0.05, 0) is 36.1 Å². The van der Waals surface area contributed by atoms with Crippen LogP contribution in [0.3, 0.4) is 0 Å². The molecule has 0 bridgehead atoms. The van der Waals surface area contributed by atoms with Crippen molar-refractivity contribution in [2.24, 2.45) is 0 Å². The summed E-state index contributed by atoms with van der Waals surface area (Å²) in [5, 5.41) is 11.7. The fraction of sp³-hybridized carbons (Fsp3) is 0.500. The highest BCUT2D eigenvalue weighted by molar-refractivity contribution is 7.98. The van der Waals surface area contributed by atoms with E-state index in [4.69, 9.17) is 14.6 Å². The zero-order valence-electron chi connectivity index (χ0n) is 13.0. The number of benzene rings is 1. The number of carboxylic acid groups (broad SMARTS) is 1. The predicted octanol–water partition coefficient (Wildman–Crippen LogP) is 1.71. The zero-order valence-corrected chi connectivity index (χ0v) is 13.9. The van der Waals surface area contributed by atoms with Gasteiger partial charge in [0.05, 0.1) is 19.6 Å². The van der Waals surface area contributed by atoms with Crippen LogP contribution in [0.15, 0.2) is 18.2 Å². The van der Waals surface area contributed by atoms with Crippen molar-refractivity contribution in [1.29, 1.82) is 0 Å². The summed E-state index contributed by atoms with van der Waals surface area (Å²) in [4.78, 5) is 23.2. The Labute approximate surface area is 139 Å². The van der Waals surface area contributed by atoms with E-state index in [-0.39, 0.29) is 12.3 Å². The van der Waals surface area contributed by atoms with Crippen LogP contribution in [0.4, 0.5) is 0 Å². The Morgan fingerprint density at radius 2 is 2.04 bits per heavy atom. The number of carboxylic acids is 1. The molecule has 6 nitrogen and oxygen atoms in total. The second kappa shape index (κ2) is 8.67. The van der Waals surface area contributed by atoms with Gasteiger partial charge in [-0.3, -0.25) is 4.79 Å². The topological polar surface area (TPSA) is 84.9 Å². The first-order valence-corrected chi connectivity index (χ1v) is 8.89. The van der Waals surface area contributed by atoms with E-state index in [0.717, 1.165) is 12.0 Å². The molecule has 0 aliphatic carbocycles. The van der Waals surface area contributed by atoms with Gasteiger partial charge in [0, 0.05) is 6.42 Å². The molecule has 0 fully saturated rings. The molecule has 0 radical (unpaired) electrons. The summed E-state index contributed by atoms with van der Waals surface area (Å²) in [6, 6.07) is 4.50. The summed E-state index contributed by atoms with van der Waals surface area (Å²) in [5.41, 5.74) is 0.765. The standard InChI is InChI=1S/C16H21NO5S/c1-23-8-5-12(16(19)20)17-15(18)10-11-3-4-13-14(9-11)22-7-2-6-21-13/h3-4,9,12H,2,5-8,10H2,1H3,(H,17,18)(H,19,20). The van der Waals surface area contributed by atoms with Gasteiger partial charge < -0.3 is 19.9 Å². The maximum atomic E-state index is 12.1. The number of carbonyl (C=O) groups excluding carboxylic acids is 1. The zero-order chi connectivity index (χ0) is 16.7. The molecule has 1 aliphatic heterocycles. The highest BCUT2D eigenvalue weighted by Gasteiger charge is 2.20. The largest absolute Gasteiger partial charge is 0.490 e. The highest BCUT2D eigenvalue weighted by Crippen LogP contribution is 2.30. The third-order valence-corrected chi connectivity index (χ3v) is 4.06. The van der Waals surface area contributed by atoms with Crippen LogP contribution in [0.5, 0.6) is 11.5 Å². The van der Waals surface area contributed by atoms with Crippen molar-refractivity contribution in [2.75, 3.05) is 25.2 Å². The quantitative estimate of drug-likeness (QED) is 0.787. The highest BCUT2D eigenvalue weighted by atomic mass is 32.2. The summed E-state index contributed by atoms with van der Waals surface area (Å²) < 4.78 is 11.1. The van der Waals surface area contributed by atoms with Crippen LogP contribution in [0.2, 0.25) is 0 Å². The molecule has 7 heteroatoms. The van der Waals surface area contributed by atoms with Gasteiger partial charge in [-0.15, -0.1) is 0 Å². The lowest BCUT2D eigenvalue weighted by Crippen LogP contribution is -2.41. The van der Waals surface area contributed by atoms with Crippen LogP contribution in [-0.4, -0.2) is 48.2 Å². The number of hydrogen-bond donors (Lipinski definition) is 2. The van der Waals surface area contributed by atoms with Crippen molar-refractivity contribution < 1.29 is 24.2 Å². The van der Waals surface area contributed by atoms with E-state index in [1.165, 1.54) is 0 Å². The van der Waals surface area contributed by atoms with Crippen LogP contribution < -0.4 is 14.8 Å². The maximum Gasteiger partial charge on any atom is 0.326 e. The number of carbonyl (C=O) groups is 2. The third-order valence-electron chi connectivity index (χ3n) is 3.42. The van der Waals surface area contributed by atoms with Gasteiger partial charge in [0.25, 0.3) is 0 Å². The normalized spacial score (nSPS) is 14.7. The van der Waals surface area contributed by atoms with Crippen LogP contribution >= 0.6 is 11.8 Å². The summed E-state index contributed by atoms with van der Waals surface area (Å²) in [6.07, 6.45) is 3.24. The maximum absolute atomic E-state index is 12.1. The van der Waals surface area contributed by atoms with E-state index < -0.39 is 12.0 Å². The average Bonchev–Trinajstić information content (AvgIpc) is 2.76. The SMILES string of the molecule is CSCCC(NC(=O)Cc1ccc2c(c1)OCCCO2)C(=O)O. The van der Waals surface area contributed by atoms with E-state index in [1.54, 1.807) is 30.0 Å². The van der Waals surface area contributed by atoms with Gasteiger partial charge in [0.15, 0.2) is 11.5 Å². The Bertz CT molecular complexity index is 563. The smallest absolute Gasteiger partial charge is 0.326 e. The van der Waals surface area contributed by atoms with E-state index in [9.17, 15) is 9.59 Å². The fourth-order valence-electron chi connectivity index (χ4n) is 2.24. The molecule has 1 atom stereocenters.